The zero-order chi connectivity index (χ0) is 29.9. The minimum Gasteiger partial charge on any atom is -0.493 e. The van der Waals surface area contributed by atoms with Gasteiger partial charge in [-0.1, -0.05) is 0 Å². The third-order valence-electron chi connectivity index (χ3n) is 6.43. The second-order valence-electron chi connectivity index (χ2n) is 10.0. The molecule has 3 heterocycles. The van der Waals surface area contributed by atoms with Crippen LogP contribution in [0.4, 0.5) is 23.8 Å². The molecule has 2 amide bonds. The highest BCUT2D eigenvalue weighted by Gasteiger charge is 2.38. The van der Waals surface area contributed by atoms with Gasteiger partial charge in [0, 0.05) is 37.5 Å². The van der Waals surface area contributed by atoms with E-state index in [1.54, 1.807) is 35.8 Å². The highest BCUT2D eigenvalue weighted by molar-refractivity contribution is 5.74. The Bertz CT molecular complexity index is 1580. The van der Waals surface area contributed by atoms with Gasteiger partial charge in [0.2, 0.25) is 5.88 Å². The Morgan fingerprint density at radius 1 is 1.15 bits per heavy atom. The van der Waals surface area contributed by atoms with Crippen molar-refractivity contribution in [2.45, 2.75) is 62.8 Å². The van der Waals surface area contributed by atoms with Crippen LogP contribution in [0.5, 0.6) is 5.88 Å². The van der Waals surface area contributed by atoms with Gasteiger partial charge in [0.15, 0.2) is 11.1 Å². The summed E-state index contributed by atoms with van der Waals surface area (Å²) in [5.74, 6) is -2.29. The van der Waals surface area contributed by atoms with E-state index >= 15 is 0 Å². The molecular weight excluding hydrogens is 551 g/mol. The Hall–Kier alpha value is -4.57. The second kappa shape index (κ2) is 11.9. The van der Waals surface area contributed by atoms with E-state index in [2.05, 4.69) is 25.7 Å². The minimum absolute atomic E-state index is 0.0610. The van der Waals surface area contributed by atoms with Gasteiger partial charge < -0.3 is 30.7 Å². The first-order chi connectivity index (χ1) is 19.3. The Morgan fingerprint density at radius 3 is 2.32 bits per heavy atom. The summed E-state index contributed by atoms with van der Waals surface area (Å²) in [6.45, 7) is 0. The van der Waals surface area contributed by atoms with Crippen LogP contribution in [0.3, 0.4) is 0 Å². The minimum atomic E-state index is -5.08. The van der Waals surface area contributed by atoms with Crippen LogP contribution in [-0.2, 0) is 4.79 Å². The zero-order valence-corrected chi connectivity index (χ0v) is 22.2. The SMILES string of the molecule is CN(C)C(=O)NC1CCC(Nc2cc(=NC3CC3)n3ncc(=Cc4[nH]c(=O)[nH]c4O)c3n2)CC1.O=C(O)C(F)(F)F. The third-order valence-corrected chi connectivity index (χ3v) is 6.43. The van der Waals surface area contributed by atoms with Crippen molar-refractivity contribution in [1.29, 1.82) is 0 Å². The summed E-state index contributed by atoms with van der Waals surface area (Å²) in [4.78, 5) is 48.3. The number of amides is 2. The van der Waals surface area contributed by atoms with Crippen LogP contribution in [0.25, 0.3) is 11.7 Å². The molecule has 41 heavy (non-hydrogen) atoms. The van der Waals surface area contributed by atoms with Gasteiger partial charge in [-0.15, -0.1) is 0 Å². The van der Waals surface area contributed by atoms with Crippen LogP contribution in [-0.4, -0.2) is 90.1 Å². The average Bonchev–Trinajstić information content (AvgIpc) is 3.53. The molecule has 0 aliphatic heterocycles. The molecule has 0 unspecified atom stereocenters. The van der Waals surface area contributed by atoms with Crippen molar-refractivity contribution in [2.75, 3.05) is 19.4 Å². The predicted molar refractivity (Wildman–Crippen MR) is 139 cm³/mol. The van der Waals surface area contributed by atoms with Gasteiger partial charge in [0.05, 0.1) is 12.2 Å². The second-order valence-corrected chi connectivity index (χ2v) is 10.0. The Labute approximate surface area is 230 Å². The fraction of sp³-hybridized carbons (Fsp3) is 0.500. The number of aromatic nitrogens is 5. The molecule has 0 aromatic carbocycles. The molecular formula is C24H30F3N9O5. The number of nitrogens with zero attached hydrogens (tertiary/aromatic N) is 5. The summed E-state index contributed by atoms with van der Waals surface area (Å²) >= 11 is 0. The Kier molecular flexibility index (Phi) is 8.53. The number of carboxylic acids is 1. The standard InChI is InChI=1S/C22H29N9O3.C2HF3O2/c1-30(2)22(34)26-15-7-3-13(4-8-15)24-17-10-18(25-14-5-6-14)31-19(28-17)12(11-23-31)9-16-20(32)29-21(33)27-16;3-2(4,5)1(6)7/h9-11,13-15,24,32H,3-8H2,1-2H3,(H,26,34)(H2,27,29,33);(H,6,7). The number of hydrogen-bond acceptors (Lipinski definition) is 8. The molecule has 14 nitrogen and oxygen atoms in total. The van der Waals surface area contributed by atoms with Gasteiger partial charge in [-0.2, -0.15) is 22.8 Å². The van der Waals surface area contributed by atoms with E-state index in [1.807, 2.05) is 6.07 Å². The molecule has 3 aromatic rings. The Balaban J connectivity index is 0.000000493. The van der Waals surface area contributed by atoms with Crippen LogP contribution in [0.2, 0.25) is 0 Å². The maximum Gasteiger partial charge on any atom is 0.490 e. The molecule has 2 aliphatic rings. The lowest BCUT2D eigenvalue weighted by atomic mass is 9.91. The lowest BCUT2D eigenvalue weighted by Crippen LogP contribution is -2.44. The highest BCUT2D eigenvalue weighted by Crippen LogP contribution is 2.23. The molecule has 0 saturated heterocycles. The van der Waals surface area contributed by atoms with Gasteiger partial charge in [-0.3, -0.25) is 9.98 Å². The summed E-state index contributed by atoms with van der Waals surface area (Å²) in [6.07, 6.45) is 3.93. The number of carbonyl (C=O) groups excluding carboxylic acids is 1. The van der Waals surface area contributed by atoms with Crippen molar-refractivity contribution in [3.63, 3.8) is 0 Å². The molecule has 6 N–H and O–H groups in total. The first kappa shape index (κ1) is 29.4. The van der Waals surface area contributed by atoms with Crippen LogP contribution in [0, 0.1) is 0 Å². The monoisotopic (exact) mass is 581 g/mol. The maximum absolute atomic E-state index is 11.9. The van der Waals surface area contributed by atoms with E-state index in [-0.39, 0.29) is 29.7 Å². The number of hydrogen-bond donors (Lipinski definition) is 6. The number of H-pyrrole nitrogens is 2. The quantitative estimate of drug-likeness (QED) is 0.253. The number of alkyl halides is 3. The summed E-state index contributed by atoms with van der Waals surface area (Å²) in [5, 5.41) is 28.8. The number of anilines is 1. The van der Waals surface area contributed by atoms with Crippen LogP contribution >= 0.6 is 0 Å². The van der Waals surface area contributed by atoms with Crippen LogP contribution in [0.1, 0.15) is 44.2 Å². The van der Waals surface area contributed by atoms with E-state index < -0.39 is 17.8 Å². The smallest absolute Gasteiger partial charge is 0.490 e. The zero-order valence-electron chi connectivity index (χ0n) is 22.2. The van der Waals surface area contributed by atoms with Gasteiger partial charge in [0.25, 0.3) is 0 Å². The summed E-state index contributed by atoms with van der Waals surface area (Å²) in [6, 6.07) is 2.57. The molecule has 17 heteroatoms. The van der Waals surface area contributed by atoms with Gasteiger partial charge in [-0.25, -0.2) is 19.4 Å². The number of aromatic amines is 2. The van der Waals surface area contributed by atoms with E-state index in [1.165, 1.54) is 0 Å². The Morgan fingerprint density at radius 2 is 1.78 bits per heavy atom. The number of aromatic hydroxyl groups is 1. The molecule has 0 atom stereocenters. The molecule has 0 spiro atoms. The first-order valence-electron chi connectivity index (χ1n) is 12.8. The van der Waals surface area contributed by atoms with Crippen molar-refractivity contribution in [3.05, 3.63) is 39.1 Å². The molecule has 2 aliphatic carbocycles. The molecule has 0 radical (unpaired) electrons. The van der Waals surface area contributed by atoms with Crippen LogP contribution < -0.4 is 27.0 Å². The summed E-state index contributed by atoms with van der Waals surface area (Å²) < 4.78 is 33.4. The highest BCUT2D eigenvalue weighted by atomic mass is 19.4. The number of aliphatic carboxylic acids is 1. The van der Waals surface area contributed by atoms with E-state index in [0.29, 0.717) is 28.2 Å². The molecule has 222 valence electrons. The van der Waals surface area contributed by atoms with E-state index in [4.69, 9.17) is 19.9 Å². The van der Waals surface area contributed by atoms with Gasteiger partial charge in [-0.05, 0) is 44.6 Å². The largest absolute Gasteiger partial charge is 0.493 e. The molecule has 3 aromatic heterocycles. The van der Waals surface area contributed by atoms with E-state index in [0.717, 1.165) is 38.5 Å². The number of carbonyl (C=O) groups is 2. The summed E-state index contributed by atoms with van der Waals surface area (Å²) in [5.41, 5.74) is 1.07. The van der Waals surface area contributed by atoms with Crippen molar-refractivity contribution >= 4 is 29.5 Å². The number of fused-ring (bicyclic) bond motifs is 1. The van der Waals surface area contributed by atoms with Gasteiger partial charge >= 0.3 is 23.9 Å². The number of halogens is 3. The number of imidazole rings is 1. The lowest BCUT2D eigenvalue weighted by molar-refractivity contribution is -0.192. The van der Waals surface area contributed by atoms with Gasteiger partial charge in [0.1, 0.15) is 11.5 Å². The van der Waals surface area contributed by atoms with Crippen molar-refractivity contribution in [2.24, 2.45) is 4.99 Å². The van der Waals surface area contributed by atoms with E-state index in [9.17, 15) is 27.9 Å². The number of urea groups is 1. The van der Waals surface area contributed by atoms with Crippen molar-refractivity contribution < 1.29 is 33.0 Å². The fourth-order valence-electron chi connectivity index (χ4n) is 4.16. The van der Waals surface area contributed by atoms with Crippen molar-refractivity contribution in [1.82, 2.24) is 34.8 Å². The predicted octanol–water partition coefficient (Wildman–Crippen LogP) is 0.690. The fourth-order valence-corrected chi connectivity index (χ4v) is 4.16. The first-order valence-corrected chi connectivity index (χ1v) is 12.8. The molecule has 2 fully saturated rings. The lowest BCUT2D eigenvalue weighted by Gasteiger charge is -2.30. The molecule has 2 saturated carbocycles. The average molecular weight is 582 g/mol. The topological polar surface area (TPSA) is 193 Å². The normalized spacial score (nSPS) is 19.9. The van der Waals surface area contributed by atoms with Crippen LogP contribution in [0.15, 0.2) is 22.1 Å². The third kappa shape index (κ3) is 7.76. The molecule has 5 rings (SSSR count). The maximum atomic E-state index is 11.9. The molecule has 0 bridgehead atoms. The van der Waals surface area contributed by atoms with Crippen molar-refractivity contribution in [3.8, 4) is 5.88 Å². The number of nitrogens with one attached hydrogen (secondary N) is 4. The number of rotatable bonds is 5. The summed E-state index contributed by atoms with van der Waals surface area (Å²) in [7, 11) is 3.48. The number of carboxylic acid groups (broad SMARTS) is 1.